The van der Waals surface area contributed by atoms with E-state index < -0.39 is 0 Å². The Hall–Kier alpha value is -2.04. The number of nitrogens with one attached hydrogen (secondary N) is 3. The fourth-order valence-corrected chi connectivity index (χ4v) is 1.94. The molecule has 116 valence electrons. The van der Waals surface area contributed by atoms with Gasteiger partial charge in [0.25, 0.3) is 0 Å². The van der Waals surface area contributed by atoms with Crippen LogP contribution >= 0.6 is 0 Å². The van der Waals surface area contributed by atoms with Crippen LogP contribution in [0.15, 0.2) is 24.3 Å². The summed E-state index contributed by atoms with van der Waals surface area (Å²) in [4.78, 5) is 22.9. The summed E-state index contributed by atoms with van der Waals surface area (Å²) in [7, 11) is 1.56. The lowest BCUT2D eigenvalue weighted by atomic mass is 10.1. The first-order valence-electron chi connectivity index (χ1n) is 7.54. The summed E-state index contributed by atoms with van der Waals surface area (Å²) in [6.07, 6.45) is 6.24. The van der Waals surface area contributed by atoms with Crippen LogP contribution in [0.3, 0.4) is 0 Å². The van der Waals surface area contributed by atoms with E-state index in [1.165, 1.54) is 19.3 Å². The molecule has 5 heteroatoms. The largest absolute Gasteiger partial charge is 0.341 e. The van der Waals surface area contributed by atoms with E-state index in [2.05, 4.69) is 22.9 Å². The fraction of sp³-hybridized carbons (Fsp3) is 0.500. The maximum atomic E-state index is 11.8. The van der Waals surface area contributed by atoms with Crippen molar-refractivity contribution >= 4 is 23.3 Å². The average molecular weight is 291 g/mol. The van der Waals surface area contributed by atoms with Crippen LogP contribution in [0.5, 0.6) is 0 Å². The number of urea groups is 1. The number of carbonyl (C=O) groups is 2. The molecule has 0 unspecified atom stereocenters. The number of hydrogen-bond acceptors (Lipinski definition) is 2. The van der Waals surface area contributed by atoms with Gasteiger partial charge in [-0.15, -0.1) is 0 Å². The van der Waals surface area contributed by atoms with Gasteiger partial charge in [0, 0.05) is 24.8 Å². The molecule has 0 saturated heterocycles. The second kappa shape index (κ2) is 9.80. The van der Waals surface area contributed by atoms with E-state index >= 15 is 0 Å². The molecular formula is C16H25N3O2. The molecule has 0 aromatic heterocycles. The first kappa shape index (κ1) is 17.0. The monoisotopic (exact) mass is 291 g/mol. The Morgan fingerprint density at radius 2 is 1.48 bits per heavy atom. The van der Waals surface area contributed by atoms with Crippen molar-refractivity contribution in [1.82, 2.24) is 5.32 Å². The van der Waals surface area contributed by atoms with Gasteiger partial charge in [-0.1, -0.05) is 32.6 Å². The van der Waals surface area contributed by atoms with Gasteiger partial charge in [-0.3, -0.25) is 4.79 Å². The van der Waals surface area contributed by atoms with Gasteiger partial charge in [0.05, 0.1) is 0 Å². The quantitative estimate of drug-likeness (QED) is 0.639. The summed E-state index contributed by atoms with van der Waals surface area (Å²) >= 11 is 0. The highest BCUT2D eigenvalue weighted by atomic mass is 16.2. The number of benzene rings is 1. The molecule has 0 heterocycles. The molecule has 1 aromatic rings. The van der Waals surface area contributed by atoms with Crippen LogP contribution in [0.2, 0.25) is 0 Å². The van der Waals surface area contributed by atoms with Crippen LogP contribution in [0.4, 0.5) is 16.2 Å². The molecule has 0 saturated carbocycles. The van der Waals surface area contributed by atoms with Gasteiger partial charge in [-0.25, -0.2) is 4.79 Å². The van der Waals surface area contributed by atoms with Crippen molar-refractivity contribution in [3.63, 3.8) is 0 Å². The average Bonchev–Trinajstić information content (AvgIpc) is 2.49. The predicted octanol–water partition coefficient (Wildman–Crippen LogP) is 3.74. The van der Waals surface area contributed by atoms with Crippen LogP contribution in [0.25, 0.3) is 0 Å². The highest BCUT2D eigenvalue weighted by Crippen LogP contribution is 2.14. The lowest BCUT2D eigenvalue weighted by Crippen LogP contribution is -2.24. The van der Waals surface area contributed by atoms with Crippen LogP contribution in [-0.2, 0) is 4.79 Å². The summed E-state index contributed by atoms with van der Waals surface area (Å²) < 4.78 is 0. The molecule has 0 fully saturated rings. The Morgan fingerprint density at radius 3 is 2.05 bits per heavy atom. The Bertz CT molecular complexity index is 443. The van der Waals surface area contributed by atoms with Crippen LogP contribution in [0, 0.1) is 0 Å². The molecule has 0 aliphatic carbocycles. The van der Waals surface area contributed by atoms with Crippen LogP contribution < -0.4 is 16.0 Å². The third kappa shape index (κ3) is 7.34. The third-order valence-corrected chi connectivity index (χ3v) is 3.16. The van der Waals surface area contributed by atoms with E-state index in [4.69, 9.17) is 0 Å². The zero-order valence-electron chi connectivity index (χ0n) is 12.9. The minimum absolute atomic E-state index is 0.0403. The van der Waals surface area contributed by atoms with Crippen molar-refractivity contribution in [3.05, 3.63) is 24.3 Å². The Kier molecular flexibility index (Phi) is 7.94. The van der Waals surface area contributed by atoms with E-state index in [1.807, 2.05) is 0 Å². The van der Waals surface area contributed by atoms with E-state index in [-0.39, 0.29) is 11.9 Å². The van der Waals surface area contributed by atoms with E-state index in [1.54, 1.807) is 31.3 Å². The molecule has 21 heavy (non-hydrogen) atoms. The molecule has 0 aliphatic rings. The van der Waals surface area contributed by atoms with Crippen molar-refractivity contribution < 1.29 is 9.59 Å². The lowest BCUT2D eigenvalue weighted by Gasteiger charge is -2.07. The lowest BCUT2D eigenvalue weighted by molar-refractivity contribution is -0.116. The van der Waals surface area contributed by atoms with Crippen LogP contribution in [-0.4, -0.2) is 19.0 Å². The molecule has 1 aromatic carbocycles. The Balaban J connectivity index is 2.31. The van der Waals surface area contributed by atoms with Crippen molar-refractivity contribution in [3.8, 4) is 0 Å². The Labute approximate surface area is 126 Å². The van der Waals surface area contributed by atoms with Crippen molar-refractivity contribution in [2.24, 2.45) is 0 Å². The first-order chi connectivity index (χ1) is 10.2. The van der Waals surface area contributed by atoms with Crippen molar-refractivity contribution in [1.29, 1.82) is 0 Å². The van der Waals surface area contributed by atoms with Crippen molar-refractivity contribution in [2.75, 3.05) is 17.7 Å². The number of amides is 3. The van der Waals surface area contributed by atoms with Gasteiger partial charge in [-0.05, 0) is 30.7 Å². The normalized spacial score (nSPS) is 10.0. The predicted molar refractivity (Wildman–Crippen MR) is 86.5 cm³/mol. The van der Waals surface area contributed by atoms with Gasteiger partial charge in [0.15, 0.2) is 0 Å². The topological polar surface area (TPSA) is 70.2 Å². The van der Waals surface area contributed by atoms with Gasteiger partial charge in [-0.2, -0.15) is 0 Å². The van der Waals surface area contributed by atoms with E-state index in [0.717, 1.165) is 18.5 Å². The maximum Gasteiger partial charge on any atom is 0.318 e. The highest BCUT2D eigenvalue weighted by molar-refractivity contribution is 5.92. The number of rotatable bonds is 8. The van der Waals surface area contributed by atoms with Gasteiger partial charge < -0.3 is 16.0 Å². The molecule has 5 nitrogen and oxygen atoms in total. The minimum atomic E-state index is -0.265. The summed E-state index contributed by atoms with van der Waals surface area (Å²) in [5.74, 6) is 0.0403. The second-order valence-corrected chi connectivity index (χ2v) is 4.99. The highest BCUT2D eigenvalue weighted by Gasteiger charge is 2.03. The molecule has 0 bridgehead atoms. The van der Waals surface area contributed by atoms with E-state index in [0.29, 0.717) is 12.1 Å². The van der Waals surface area contributed by atoms with Crippen molar-refractivity contribution in [2.45, 2.75) is 45.4 Å². The fourth-order valence-electron chi connectivity index (χ4n) is 1.94. The number of anilines is 2. The summed E-state index contributed by atoms with van der Waals surface area (Å²) in [6, 6.07) is 6.80. The van der Waals surface area contributed by atoms with Gasteiger partial charge >= 0.3 is 6.03 Å². The van der Waals surface area contributed by atoms with Crippen LogP contribution in [0.1, 0.15) is 45.4 Å². The molecule has 3 amide bonds. The SMILES string of the molecule is CCCCCCCC(=O)Nc1ccc(NC(=O)NC)cc1. The maximum absolute atomic E-state index is 11.8. The van der Waals surface area contributed by atoms with E-state index in [9.17, 15) is 9.59 Å². The zero-order chi connectivity index (χ0) is 15.5. The number of hydrogen-bond donors (Lipinski definition) is 3. The number of carbonyl (C=O) groups excluding carboxylic acids is 2. The van der Waals surface area contributed by atoms with Gasteiger partial charge in [0.1, 0.15) is 0 Å². The standard InChI is InChI=1S/C16H25N3O2/c1-3-4-5-6-7-8-15(20)18-13-9-11-14(12-10-13)19-16(21)17-2/h9-12H,3-8H2,1-2H3,(H,18,20)(H2,17,19,21). The molecule has 0 spiro atoms. The minimum Gasteiger partial charge on any atom is -0.341 e. The summed E-state index contributed by atoms with van der Waals surface area (Å²) in [5, 5.41) is 8.00. The third-order valence-electron chi connectivity index (χ3n) is 3.16. The molecule has 0 aliphatic heterocycles. The molecule has 3 N–H and O–H groups in total. The first-order valence-corrected chi connectivity index (χ1v) is 7.54. The number of unbranched alkanes of at least 4 members (excludes halogenated alkanes) is 4. The molecule has 0 atom stereocenters. The summed E-state index contributed by atoms with van der Waals surface area (Å²) in [6.45, 7) is 2.18. The van der Waals surface area contributed by atoms with Gasteiger partial charge in [0.2, 0.25) is 5.91 Å². The molecule has 0 radical (unpaired) electrons. The second-order valence-electron chi connectivity index (χ2n) is 4.99. The Morgan fingerprint density at radius 1 is 0.905 bits per heavy atom. The zero-order valence-corrected chi connectivity index (χ0v) is 12.9. The molecular weight excluding hydrogens is 266 g/mol. The smallest absolute Gasteiger partial charge is 0.318 e. The summed E-state index contributed by atoms with van der Waals surface area (Å²) in [5.41, 5.74) is 1.43. The molecule has 1 rings (SSSR count).